The number of nitrogens with two attached hydrogens (primary N) is 1. The summed E-state index contributed by atoms with van der Waals surface area (Å²) in [5.74, 6) is -0.147. The smallest absolute Gasteiger partial charge is 0.246 e. The highest BCUT2D eigenvalue weighted by molar-refractivity contribution is 5.77. The van der Waals surface area contributed by atoms with Crippen LogP contribution in [0.25, 0.3) is 0 Å². The van der Waals surface area contributed by atoms with Crippen LogP contribution in [0.15, 0.2) is 18.3 Å². The third kappa shape index (κ3) is 4.93. The van der Waals surface area contributed by atoms with E-state index in [-0.39, 0.29) is 12.5 Å². The van der Waals surface area contributed by atoms with E-state index in [1.54, 1.807) is 6.20 Å². The number of rotatable bonds is 7. The molecule has 0 aliphatic heterocycles. The number of aromatic nitrogens is 1. The second kappa shape index (κ2) is 7.76. The van der Waals surface area contributed by atoms with Crippen molar-refractivity contribution in [3.8, 4) is 0 Å². The fraction of sp³-hybridized carbons (Fsp3) is 0.500. The van der Waals surface area contributed by atoms with Crippen LogP contribution in [0.3, 0.4) is 0 Å². The molecule has 1 aromatic rings. The molecule has 3 N–H and O–H groups in total. The molecule has 0 atom stereocenters. The van der Waals surface area contributed by atoms with Gasteiger partial charge in [-0.25, -0.2) is 0 Å². The monoisotopic (exact) mass is 237 g/mol. The van der Waals surface area contributed by atoms with Crippen LogP contribution in [-0.2, 0) is 22.5 Å². The maximum absolute atomic E-state index is 11.4. The minimum atomic E-state index is -0.147. The number of carbonyl (C=O) groups is 1. The molecule has 0 radical (unpaired) electrons. The van der Waals surface area contributed by atoms with Crippen molar-refractivity contribution in [3.63, 3.8) is 0 Å². The maximum Gasteiger partial charge on any atom is 0.246 e. The molecule has 0 aromatic carbocycles. The zero-order valence-corrected chi connectivity index (χ0v) is 10.1. The first kappa shape index (κ1) is 13.6. The lowest BCUT2D eigenvalue weighted by atomic mass is 10.1. The molecule has 94 valence electrons. The van der Waals surface area contributed by atoms with E-state index in [1.807, 2.05) is 12.1 Å². The molecule has 1 rings (SSSR count). The van der Waals surface area contributed by atoms with Gasteiger partial charge in [-0.05, 0) is 18.1 Å². The van der Waals surface area contributed by atoms with Gasteiger partial charge >= 0.3 is 0 Å². The Balaban J connectivity index is 2.36. The molecule has 0 unspecified atom stereocenters. The normalized spacial score (nSPS) is 10.2. The SMILES string of the molecule is CCc1cccnc1CNC(=O)COCCN. The van der Waals surface area contributed by atoms with E-state index in [9.17, 15) is 4.79 Å². The molecular weight excluding hydrogens is 218 g/mol. The van der Waals surface area contributed by atoms with E-state index in [1.165, 1.54) is 0 Å². The van der Waals surface area contributed by atoms with Gasteiger partial charge in [0.1, 0.15) is 6.61 Å². The standard InChI is InChI=1S/C12H19N3O2/c1-2-10-4-3-6-14-11(10)8-15-12(16)9-17-7-5-13/h3-4,6H,2,5,7-9,13H2,1H3,(H,15,16). The van der Waals surface area contributed by atoms with Crippen molar-refractivity contribution >= 4 is 5.91 Å². The van der Waals surface area contributed by atoms with Crippen molar-refractivity contribution in [2.45, 2.75) is 19.9 Å². The van der Waals surface area contributed by atoms with Crippen LogP contribution in [0.1, 0.15) is 18.2 Å². The lowest BCUT2D eigenvalue weighted by molar-refractivity contribution is -0.125. The van der Waals surface area contributed by atoms with Gasteiger partial charge in [0.15, 0.2) is 0 Å². The highest BCUT2D eigenvalue weighted by Crippen LogP contribution is 2.05. The number of hydrogen-bond donors (Lipinski definition) is 2. The van der Waals surface area contributed by atoms with E-state index in [2.05, 4.69) is 17.2 Å². The highest BCUT2D eigenvalue weighted by Gasteiger charge is 2.04. The minimum Gasteiger partial charge on any atom is -0.370 e. The van der Waals surface area contributed by atoms with Crippen molar-refractivity contribution < 1.29 is 9.53 Å². The first-order valence-electron chi connectivity index (χ1n) is 5.75. The fourth-order valence-electron chi connectivity index (χ4n) is 1.43. The number of aryl methyl sites for hydroxylation is 1. The summed E-state index contributed by atoms with van der Waals surface area (Å²) in [4.78, 5) is 15.6. The van der Waals surface area contributed by atoms with Crippen molar-refractivity contribution in [1.82, 2.24) is 10.3 Å². The van der Waals surface area contributed by atoms with E-state index in [4.69, 9.17) is 10.5 Å². The van der Waals surface area contributed by atoms with Gasteiger partial charge in [-0.3, -0.25) is 9.78 Å². The van der Waals surface area contributed by atoms with Gasteiger partial charge < -0.3 is 15.8 Å². The number of nitrogens with zero attached hydrogens (tertiary/aromatic N) is 1. The number of ether oxygens (including phenoxy) is 1. The topological polar surface area (TPSA) is 77.2 Å². The molecule has 1 heterocycles. The Morgan fingerprint density at radius 3 is 3.12 bits per heavy atom. The number of hydrogen-bond acceptors (Lipinski definition) is 4. The molecule has 0 saturated carbocycles. The number of carbonyl (C=O) groups excluding carboxylic acids is 1. The average Bonchev–Trinajstić information content (AvgIpc) is 2.37. The van der Waals surface area contributed by atoms with Gasteiger partial charge in [0, 0.05) is 12.7 Å². The minimum absolute atomic E-state index is 0.0471. The van der Waals surface area contributed by atoms with Crippen LogP contribution in [0, 0.1) is 0 Å². The predicted octanol–water partition coefficient (Wildman–Crippen LogP) is 0.236. The van der Waals surface area contributed by atoms with Crippen LogP contribution in [0.2, 0.25) is 0 Å². The molecule has 1 aromatic heterocycles. The molecule has 0 bridgehead atoms. The van der Waals surface area contributed by atoms with Crippen LogP contribution < -0.4 is 11.1 Å². The molecular formula is C12H19N3O2. The van der Waals surface area contributed by atoms with Crippen molar-refractivity contribution in [2.75, 3.05) is 19.8 Å². The molecule has 17 heavy (non-hydrogen) atoms. The molecule has 0 spiro atoms. The summed E-state index contributed by atoms with van der Waals surface area (Å²) in [6, 6.07) is 3.91. The van der Waals surface area contributed by atoms with Gasteiger partial charge in [0.05, 0.1) is 18.8 Å². The summed E-state index contributed by atoms with van der Waals surface area (Å²) in [5, 5.41) is 2.77. The lowest BCUT2D eigenvalue weighted by Crippen LogP contribution is -2.28. The van der Waals surface area contributed by atoms with Crippen LogP contribution in [0.4, 0.5) is 0 Å². The number of pyridine rings is 1. The fourth-order valence-corrected chi connectivity index (χ4v) is 1.43. The Kier molecular flexibility index (Phi) is 6.21. The summed E-state index contributed by atoms with van der Waals surface area (Å²) in [7, 11) is 0. The Morgan fingerprint density at radius 2 is 2.41 bits per heavy atom. The van der Waals surface area contributed by atoms with Gasteiger partial charge in [0.25, 0.3) is 0 Å². The van der Waals surface area contributed by atoms with Gasteiger partial charge in [-0.2, -0.15) is 0 Å². The van der Waals surface area contributed by atoms with Gasteiger partial charge in [-0.1, -0.05) is 13.0 Å². The summed E-state index contributed by atoms with van der Waals surface area (Å²) in [6.45, 7) is 3.37. The van der Waals surface area contributed by atoms with E-state index < -0.39 is 0 Å². The molecule has 0 fully saturated rings. The average molecular weight is 237 g/mol. The molecule has 5 nitrogen and oxygen atoms in total. The lowest BCUT2D eigenvalue weighted by Gasteiger charge is -2.08. The molecule has 5 heteroatoms. The summed E-state index contributed by atoms with van der Waals surface area (Å²) >= 11 is 0. The summed E-state index contributed by atoms with van der Waals surface area (Å²) in [6.07, 6.45) is 2.63. The van der Waals surface area contributed by atoms with Gasteiger partial charge in [-0.15, -0.1) is 0 Å². The van der Waals surface area contributed by atoms with Crippen molar-refractivity contribution in [2.24, 2.45) is 5.73 Å². The second-order valence-corrected chi connectivity index (χ2v) is 3.58. The summed E-state index contributed by atoms with van der Waals surface area (Å²) < 4.78 is 5.03. The Labute approximate surface area is 101 Å². The van der Waals surface area contributed by atoms with Crippen molar-refractivity contribution in [3.05, 3.63) is 29.6 Å². The van der Waals surface area contributed by atoms with Crippen molar-refractivity contribution in [1.29, 1.82) is 0 Å². The predicted molar refractivity (Wildman–Crippen MR) is 65.3 cm³/mol. The number of amides is 1. The van der Waals surface area contributed by atoms with E-state index >= 15 is 0 Å². The number of nitrogens with one attached hydrogen (secondary N) is 1. The first-order chi connectivity index (χ1) is 8.27. The van der Waals surface area contributed by atoms with E-state index in [0.717, 1.165) is 17.7 Å². The Morgan fingerprint density at radius 1 is 1.59 bits per heavy atom. The quantitative estimate of drug-likeness (QED) is 0.666. The Bertz CT molecular complexity index is 355. The zero-order valence-electron chi connectivity index (χ0n) is 10.1. The van der Waals surface area contributed by atoms with Crippen LogP contribution in [-0.4, -0.2) is 30.6 Å². The van der Waals surface area contributed by atoms with E-state index in [0.29, 0.717) is 19.7 Å². The highest BCUT2D eigenvalue weighted by atomic mass is 16.5. The maximum atomic E-state index is 11.4. The second-order valence-electron chi connectivity index (χ2n) is 3.58. The molecule has 0 aliphatic carbocycles. The molecule has 0 aliphatic rings. The Hall–Kier alpha value is -1.46. The molecule has 0 saturated heterocycles. The first-order valence-corrected chi connectivity index (χ1v) is 5.75. The summed E-state index contributed by atoms with van der Waals surface area (Å²) in [5.41, 5.74) is 7.30. The van der Waals surface area contributed by atoms with Crippen LogP contribution in [0.5, 0.6) is 0 Å². The van der Waals surface area contributed by atoms with Crippen LogP contribution >= 0.6 is 0 Å². The molecule has 1 amide bonds. The third-order valence-corrected chi connectivity index (χ3v) is 2.31. The largest absolute Gasteiger partial charge is 0.370 e. The zero-order chi connectivity index (χ0) is 12.5. The van der Waals surface area contributed by atoms with Gasteiger partial charge in [0.2, 0.25) is 5.91 Å². The third-order valence-electron chi connectivity index (χ3n) is 2.31.